The topological polar surface area (TPSA) is 18.5 Å². The van der Waals surface area contributed by atoms with Crippen LogP contribution in [0, 0.1) is 5.82 Å². The van der Waals surface area contributed by atoms with Crippen LogP contribution in [0.3, 0.4) is 0 Å². The Balaban J connectivity index is 2.09. The molecule has 20 heavy (non-hydrogen) atoms. The summed E-state index contributed by atoms with van der Waals surface area (Å²) in [6.45, 7) is 0.212. The third-order valence-electron chi connectivity index (χ3n) is 2.63. The van der Waals surface area contributed by atoms with E-state index >= 15 is 0 Å². The summed E-state index contributed by atoms with van der Waals surface area (Å²) in [5, 5.41) is 0. The zero-order valence-corrected chi connectivity index (χ0v) is 12.6. The van der Waals surface area contributed by atoms with Crippen molar-refractivity contribution >= 4 is 28.1 Å². The first-order chi connectivity index (χ1) is 9.69. The third kappa shape index (κ3) is 4.18. The predicted molar refractivity (Wildman–Crippen MR) is 82.0 cm³/mol. The molecule has 0 radical (unpaired) electrons. The minimum absolute atomic E-state index is 0.212. The highest BCUT2D eigenvalue weighted by Gasteiger charge is 2.01. The smallest absolute Gasteiger partial charge is 0.188 e. The van der Waals surface area contributed by atoms with Crippen LogP contribution in [0.2, 0.25) is 0 Å². The van der Waals surface area contributed by atoms with Gasteiger partial charge in [-0.1, -0.05) is 30.4 Å². The molecule has 0 aliphatic heterocycles. The van der Waals surface area contributed by atoms with Crippen LogP contribution in [-0.4, -0.2) is 13.9 Å². The van der Waals surface area contributed by atoms with E-state index in [1.54, 1.807) is 19.2 Å². The minimum atomic E-state index is -0.232. The first-order valence-corrected chi connectivity index (χ1v) is 6.83. The number of methoxy groups -OCH3 is 1. The number of hydrogen-bond donors (Lipinski definition) is 0. The Morgan fingerprint density at radius 3 is 2.35 bits per heavy atom. The van der Waals surface area contributed by atoms with Crippen LogP contribution < -0.4 is 4.74 Å². The maximum atomic E-state index is 12.8. The van der Waals surface area contributed by atoms with Gasteiger partial charge in [0.25, 0.3) is 0 Å². The van der Waals surface area contributed by atoms with E-state index in [-0.39, 0.29) is 12.6 Å². The molecule has 0 aromatic heterocycles. The van der Waals surface area contributed by atoms with Gasteiger partial charge in [0.05, 0.1) is 4.47 Å². The molecule has 0 aliphatic carbocycles. The molecule has 0 heterocycles. The zero-order chi connectivity index (χ0) is 14.4. The van der Waals surface area contributed by atoms with Crippen molar-refractivity contribution in [2.24, 2.45) is 0 Å². The monoisotopic (exact) mass is 336 g/mol. The van der Waals surface area contributed by atoms with Crippen LogP contribution in [0.1, 0.15) is 11.1 Å². The lowest BCUT2D eigenvalue weighted by Gasteiger charge is -2.07. The molecule has 0 atom stereocenters. The fourth-order valence-corrected chi connectivity index (χ4v) is 2.14. The third-order valence-corrected chi connectivity index (χ3v) is 3.25. The molecule has 2 nitrogen and oxygen atoms in total. The normalized spacial score (nSPS) is 10.9. The number of rotatable bonds is 5. The van der Waals surface area contributed by atoms with Crippen molar-refractivity contribution in [2.75, 3.05) is 13.9 Å². The molecule has 0 bridgehead atoms. The highest BCUT2D eigenvalue weighted by Crippen LogP contribution is 2.26. The van der Waals surface area contributed by atoms with Gasteiger partial charge in [-0.15, -0.1) is 0 Å². The van der Waals surface area contributed by atoms with Gasteiger partial charge >= 0.3 is 0 Å². The Hall–Kier alpha value is -1.65. The van der Waals surface area contributed by atoms with E-state index in [1.807, 2.05) is 30.4 Å². The van der Waals surface area contributed by atoms with Gasteiger partial charge in [-0.05, 0) is 51.3 Å². The van der Waals surface area contributed by atoms with Crippen LogP contribution in [0.25, 0.3) is 12.2 Å². The van der Waals surface area contributed by atoms with E-state index in [4.69, 9.17) is 9.47 Å². The lowest BCUT2D eigenvalue weighted by Crippen LogP contribution is -1.99. The molecule has 0 amide bonds. The largest absolute Gasteiger partial charge is 0.466 e. The van der Waals surface area contributed by atoms with Gasteiger partial charge in [0.2, 0.25) is 0 Å². The van der Waals surface area contributed by atoms with Gasteiger partial charge in [-0.2, -0.15) is 0 Å². The number of benzene rings is 2. The quantitative estimate of drug-likeness (QED) is 0.579. The summed E-state index contributed by atoms with van der Waals surface area (Å²) < 4.78 is 23.9. The highest BCUT2D eigenvalue weighted by molar-refractivity contribution is 9.10. The highest BCUT2D eigenvalue weighted by atomic mass is 79.9. The second-order valence-corrected chi connectivity index (χ2v) is 4.98. The molecule has 0 fully saturated rings. The van der Waals surface area contributed by atoms with Crippen molar-refractivity contribution in [3.63, 3.8) is 0 Å². The molecule has 104 valence electrons. The predicted octanol–water partition coefficient (Wildman–Crippen LogP) is 4.74. The standard InChI is InChI=1S/C16H14BrFO2/c1-19-11-20-16-9-6-13(10-15(16)17)3-2-12-4-7-14(18)8-5-12/h2-10H,11H2,1H3/b3-2+. The molecule has 0 saturated carbocycles. The van der Waals surface area contributed by atoms with Crippen LogP contribution in [-0.2, 0) is 4.74 Å². The van der Waals surface area contributed by atoms with Crippen molar-refractivity contribution in [3.8, 4) is 5.75 Å². The van der Waals surface area contributed by atoms with E-state index in [0.29, 0.717) is 0 Å². The van der Waals surface area contributed by atoms with Crippen molar-refractivity contribution in [3.05, 3.63) is 63.9 Å². The molecule has 0 unspecified atom stereocenters. The average molecular weight is 337 g/mol. The first-order valence-electron chi connectivity index (χ1n) is 6.04. The van der Waals surface area contributed by atoms with Crippen molar-refractivity contribution in [1.82, 2.24) is 0 Å². The SMILES string of the molecule is COCOc1ccc(/C=C/c2ccc(F)cc2)cc1Br. The summed E-state index contributed by atoms with van der Waals surface area (Å²) in [4.78, 5) is 0. The van der Waals surface area contributed by atoms with Crippen LogP contribution in [0.4, 0.5) is 4.39 Å². The van der Waals surface area contributed by atoms with Crippen LogP contribution in [0.15, 0.2) is 46.9 Å². The Morgan fingerprint density at radius 1 is 1.05 bits per heavy atom. The minimum Gasteiger partial charge on any atom is -0.466 e. The maximum absolute atomic E-state index is 12.8. The molecule has 0 aliphatic rings. The summed E-state index contributed by atoms with van der Waals surface area (Å²) in [6, 6.07) is 12.1. The lowest BCUT2D eigenvalue weighted by atomic mass is 10.1. The van der Waals surface area contributed by atoms with Gasteiger partial charge in [0.15, 0.2) is 6.79 Å². The van der Waals surface area contributed by atoms with Gasteiger partial charge in [0.1, 0.15) is 11.6 Å². The summed E-state index contributed by atoms with van der Waals surface area (Å²) in [5.74, 6) is 0.496. The van der Waals surface area contributed by atoms with E-state index in [9.17, 15) is 4.39 Å². The fraction of sp³-hybridized carbons (Fsp3) is 0.125. The van der Waals surface area contributed by atoms with Gasteiger partial charge < -0.3 is 9.47 Å². The molecule has 4 heteroatoms. The Labute approximate surface area is 126 Å². The maximum Gasteiger partial charge on any atom is 0.188 e. The van der Waals surface area contributed by atoms with Gasteiger partial charge in [-0.25, -0.2) is 4.39 Å². The van der Waals surface area contributed by atoms with Gasteiger partial charge in [-0.3, -0.25) is 0 Å². The zero-order valence-electron chi connectivity index (χ0n) is 11.0. The molecule has 2 rings (SSSR count). The fourth-order valence-electron chi connectivity index (χ4n) is 1.63. The lowest BCUT2D eigenvalue weighted by molar-refractivity contribution is 0.0506. The van der Waals surface area contributed by atoms with Crippen molar-refractivity contribution in [1.29, 1.82) is 0 Å². The van der Waals surface area contributed by atoms with Gasteiger partial charge in [0, 0.05) is 7.11 Å². The van der Waals surface area contributed by atoms with Crippen LogP contribution in [0.5, 0.6) is 5.75 Å². The molecular weight excluding hydrogens is 323 g/mol. The summed E-state index contributed by atoms with van der Waals surface area (Å²) in [6.07, 6.45) is 3.88. The number of ether oxygens (including phenoxy) is 2. The molecule has 0 spiro atoms. The summed E-state index contributed by atoms with van der Waals surface area (Å²) in [5.41, 5.74) is 1.97. The second kappa shape index (κ2) is 7.22. The molecule has 0 N–H and O–H groups in total. The summed E-state index contributed by atoms with van der Waals surface area (Å²) >= 11 is 3.45. The molecule has 2 aromatic carbocycles. The van der Waals surface area contributed by atoms with Crippen molar-refractivity contribution < 1.29 is 13.9 Å². The molecule has 0 saturated heterocycles. The van der Waals surface area contributed by atoms with E-state index in [0.717, 1.165) is 21.3 Å². The Morgan fingerprint density at radius 2 is 1.70 bits per heavy atom. The van der Waals surface area contributed by atoms with E-state index in [1.165, 1.54) is 12.1 Å². The molecule has 2 aromatic rings. The number of halogens is 2. The van der Waals surface area contributed by atoms with Crippen molar-refractivity contribution in [2.45, 2.75) is 0 Å². The summed E-state index contributed by atoms with van der Waals surface area (Å²) in [7, 11) is 1.58. The number of hydrogen-bond acceptors (Lipinski definition) is 2. The Bertz CT molecular complexity index is 594. The Kier molecular flexibility index (Phi) is 5.32. The first kappa shape index (κ1) is 14.8. The van der Waals surface area contributed by atoms with E-state index in [2.05, 4.69) is 15.9 Å². The average Bonchev–Trinajstić information content (AvgIpc) is 2.46. The van der Waals surface area contributed by atoms with E-state index < -0.39 is 0 Å². The van der Waals surface area contributed by atoms with Crippen LogP contribution >= 0.6 is 15.9 Å². The second-order valence-electron chi connectivity index (χ2n) is 4.13. The molecular formula is C16H14BrFO2.